The smallest absolute Gasteiger partial charge is 0.341 e. The number of fused-ring (bicyclic) bond motifs is 3. The van der Waals surface area contributed by atoms with Crippen LogP contribution < -0.4 is 0 Å². The van der Waals surface area contributed by atoms with Crippen LogP contribution in [-0.2, 0) is 42.9 Å². The third-order valence-electron chi connectivity index (χ3n) is 5.82. The number of esters is 3. The third kappa shape index (κ3) is 3.79. The fourth-order valence-electron chi connectivity index (χ4n) is 3.96. The lowest BCUT2D eigenvalue weighted by Crippen LogP contribution is -2.36. The highest BCUT2D eigenvalue weighted by Crippen LogP contribution is 2.49. The number of epoxide rings is 2. The number of carbonyl (C=O) groups is 4. The average Bonchev–Trinajstić information content (AvgIpc) is 3.50. The van der Waals surface area contributed by atoms with Crippen LogP contribution in [0.15, 0.2) is 22.8 Å². The highest BCUT2D eigenvalue weighted by Gasteiger charge is 2.63. The van der Waals surface area contributed by atoms with Crippen molar-refractivity contribution < 1.29 is 42.9 Å². The molecular weight excluding hydrogens is 396 g/mol. The summed E-state index contributed by atoms with van der Waals surface area (Å²) in [6.45, 7) is 6.32. The Hall–Kier alpha value is -2.52. The molecular formula is C21H24O9. The van der Waals surface area contributed by atoms with Crippen LogP contribution in [0.5, 0.6) is 0 Å². The minimum Gasteiger partial charge on any atom is -0.461 e. The standard InChI is InChI=1S/C21H24O9/c1-10-5-12(23)7-20(3)17(30-20)16-15(13(18(24)29-16)8-26-11(2)22)14(6-10)28-19(25)21(4)9-27-21/h5,14,16-17H,6-9H2,1-4H3. The molecule has 0 radical (unpaired) electrons. The number of hydrogen-bond acceptors (Lipinski definition) is 9. The van der Waals surface area contributed by atoms with Gasteiger partial charge in [0.25, 0.3) is 0 Å². The Morgan fingerprint density at radius 2 is 1.97 bits per heavy atom. The fraction of sp³-hybridized carbons (Fsp3) is 0.619. The van der Waals surface area contributed by atoms with E-state index in [9.17, 15) is 19.2 Å². The van der Waals surface area contributed by atoms with Crippen molar-refractivity contribution in [3.8, 4) is 0 Å². The first-order valence-corrected chi connectivity index (χ1v) is 9.82. The number of ether oxygens (including phenoxy) is 5. The van der Waals surface area contributed by atoms with E-state index in [1.165, 1.54) is 13.0 Å². The molecule has 0 amide bonds. The van der Waals surface area contributed by atoms with E-state index >= 15 is 0 Å². The molecule has 3 aliphatic heterocycles. The maximum atomic E-state index is 12.6. The highest BCUT2D eigenvalue weighted by molar-refractivity contribution is 5.94. The first kappa shape index (κ1) is 20.7. The van der Waals surface area contributed by atoms with Gasteiger partial charge >= 0.3 is 17.9 Å². The van der Waals surface area contributed by atoms with Crippen molar-refractivity contribution in [1.82, 2.24) is 0 Å². The largest absolute Gasteiger partial charge is 0.461 e. The number of allylic oxidation sites excluding steroid dienone is 1. The molecule has 9 heteroatoms. The van der Waals surface area contributed by atoms with Crippen LogP contribution in [0.25, 0.3) is 0 Å². The first-order valence-electron chi connectivity index (χ1n) is 9.82. The number of carbonyl (C=O) groups excluding carboxylic acids is 4. The summed E-state index contributed by atoms with van der Waals surface area (Å²) in [5.41, 5.74) is -0.594. The molecule has 4 rings (SSSR count). The van der Waals surface area contributed by atoms with E-state index in [-0.39, 0.29) is 37.4 Å². The van der Waals surface area contributed by atoms with Crippen LogP contribution in [0.1, 0.15) is 40.5 Å². The van der Waals surface area contributed by atoms with E-state index in [2.05, 4.69) is 0 Å². The SMILES string of the molecule is CC(=O)OCC1=C2C(OC(=O)C3(C)CO3)CC(C)=CC(=O)CC3(C)OC3C2OC1=O. The van der Waals surface area contributed by atoms with Crippen LogP contribution >= 0.6 is 0 Å². The summed E-state index contributed by atoms with van der Waals surface area (Å²) in [5.74, 6) is -1.89. The first-order chi connectivity index (χ1) is 14.0. The Labute approximate surface area is 173 Å². The molecule has 0 N–H and O–H groups in total. The lowest BCUT2D eigenvalue weighted by Gasteiger charge is -2.25. The Bertz CT molecular complexity index is 894. The Balaban J connectivity index is 1.75. The topological polar surface area (TPSA) is 121 Å². The van der Waals surface area contributed by atoms with E-state index < -0.39 is 47.4 Å². The Morgan fingerprint density at radius 3 is 2.60 bits per heavy atom. The van der Waals surface area contributed by atoms with Crippen LogP contribution in [-0.4, -0.2) is 66.4 Å². The number of ketones is 1. The van der Waals surface area contributed by atoms with Crippen molar-refractivity contribution in [2.75, 3.05) is 13.2 Å². The molecule has 2 fully saturated rings. The van der Waals surface area contributed by atoms with E-state index in [1.807, 2.05) is 0 Å². The molecule has 162 valence electrons. The molecule has 2 saturated heterocycles. The Morgan fingerprint density at radius 1 is 1.27 bits per heavy atom. The second kappa shape index (κ2) is 7.02. The molecule has 0 saturated carbocycles. The summed E-state index contributed by atoms with van der Waals surface area (Å²) in [7, 11) is 0. The van der Waals surface area contributed by atoms with Gasteiger partial charge in [-0.05, 0) is 26.8 Å². The molecule has 4 aliphatic rings. The molecule has 0 aromatic heterocycles. The number of rotatable bonds is 4. The zero-order valence-corrected chi connectivity index (χ0v) is 17.3. The minimum absolute atomic E-state index is 0.114. The zero-order valence-electron chi connectivity index (χ0n) is 17.3. The molecule has 1 aliphatic carbocycles. The maximum absolute atomic E-state index is 12.6. The van der Waals surface area contributed by atoms with Gasteiger partial charge in [0.2, 0.25) is 0 Å². The van der Waals surface area contributed by atoms with Crippen molar-refractivity contribution in [2.24, 2.45) is 0 Å². The lowest BCUT2D eigenvalue weighted by atomic mass is 9.86. The van der Waals surface area contributed by atoms with Crippen LogP contribution in [0.3, 0.4) is 0 Å². The minimum atomic E-state index is -1.02. The fourth-order valence-corrected chi connectivity index (χ4v) is 3.96. The van der Waals surface area contributed by atoms with Crippen LogP contribution in [0.4, 0.5) is 0 Å². The predicted octanol–water partition coefficient (Wildman–Crippen LogP) is 0.939. The molecule has 0 spiro atoms. The number of hydrogen-bond donors (Lipinski definition) is 0. The molecule has 5 atom stereocenters. The van der Waals surface area contributed by atoms with Crippen molar-refractivity contribution in [2.45, 2.75) is 70.1 Å². The van der Waals surface area contributed by atoms with Gasteiger partial charge in [-0.15, -0.1) is 0 Å². The van der Waals surface area contributed by atoms with Gasteiger partial charge in [-0.1, -0.05) is 5.57 Å². The monoisotopic (exact) mass is 420 g/mol. The van der Waals surface area contributed by atoms with E-state index in [0.717, 1.165) is 0 Å². The second-order valence-electron chi connectivity index (χ2n) is 8.64. The summed E-state index contributed by atoms with van der Waals surface area (Å²) in [5, 5.41) is 0. The molecule has 9 nitrogen and oxygen atoms in total. The molecule has 30 heavy (non-hydrogen) atoms. The third-order valence-corrected chi connectivity index (χ3v) is 5.82. The van der Waals surface area contributed by atoms with Gasteiger partial charge in [-0.2, -0.15) is 0 Å². The average molecular weight is 420 g/mol. The van der Waals surface area contributed by atoms with Gasteiger partial charge < -0.3 is 23.7 Å². The quantitative estimate of drug-likeness (QED) is 0.371. The normalized spacial score (nSPS) is 37.5. The van der Waals surface area contributed by atoms with Gasteiger partial charge in [0.05, 0.1) is 12.2 Å². The summed E-state index contributed by atoms with van der Waals surface area (Å²) in [6.07, 6.45) is -0.455. The van der Waals surface area contributed by atoms with Crippen molar-refractivity contribution >= 4 is 23.7 Å². The van der Waals surface area contributed by atoms with Gasteiger partial charge in [0.1, 0.15) is 24.4 Å². The van der Waals surface area contributed by atoms with E-state index in [1.54, 1.807) is 20.8 Å². The van der Waals surface area contributed by atoms with Crippen molar-refractivity contribution in [3.05, 3.63) is 22.8 Å². The van der Waals surface area contributed by atoms with Crippen molar-refractivity contribution in [1.29, 1.82) is 0 Å². The van der Waals surface area contributed by atoms with E-state index in [0.29, 0.717) is 11.1 Å². The Kier molecular flexibility index (Phi) is 4.85. The summed E-state index contributed by atoms with van der Waals surface area (Å²) in [6, 6.07) is 0. The van der Waals surface area contributed by atoms with Crippen LogP contribution in [0.2, 0.25) is 0 Å². The van der Waals surface area contributed by atoms with Gasteiger partial charge in [-0.3, -0.25) is 9.59 Å². The second-order valence-corrected chi connectivity index (χ2v) is 8.64. The predicted molar refractivity (Wildman–Crippen MR) is 99.1 cm³/mol. The van der Waals surface area contributed by atoms with Gasteiger partial charge in [-0.25, -0.2) is 9.59 Å². The highest BCUT2D eigenvalue weighted by atomic mass is 16.7. The molecule has 0 bridgehead atoms. The summed E-state index contributed by atoms with van der Waals surface area (Å²) >= 11 is 0. The molecule has 0 aromatic rings. The summed E-state index contributed by atoms with van der Waals surface area (Å²) in [4.78, 5) is 49.0. The zero-order chi connectivity index (χ0) is 21.8. The lowest BCUT2D eigenvalue weighted by molar-refractivity contribution is -0.153. The van der Waals surface area contributed by atoms with Crippen molar-refractivity contribution in [3.63, 3.8) is 0 Å². The molecule has 0 aromatic carbocycles. The summed E-state index contributed by atoms with van der Waals surface area (Å²) < 4.78 is 27.3. The molecule has 3 heterocycles. The van der Waals surface area contributed by atoms with Gasteiger partial charge in [0, 0.05) is 25.3 Å². The molecule has 5 unspecified atom stereocenters. The maximum Gasteiger partial charge on any atom is 0.341 e. The van der Waals surface area contributed by atoms with Crippen LogP contribution in [0, 0.1) is 0 Å². The van der Waals surface area contributed by atoms with Gasteiger partial charge in [0.15, 0.2) is 17.5 Å². The van der Waals surface area contributed by atoms with E-state index in [4.69, 9.17) is 23.7 Å².